The standard InChI is InChI=1S/C57H85N5O14/c1-33-16-12-11-13-17-34(2)47(71-8)28-42-21-19-38(6)57(70,76-42)53(66)54(67)62-23-15-14-18-44(62)55(68)74-48(29-45(63)35(3)25-37(5)51(65)52(73-10)50(64)36(4)24-33)43(58)26-40-20-22-46(49(27-40)72-9)75-56(69)61-32-41-30-59-39(7)60-31-41/h11-13,16-17,25,30-31,33,35-36,38,40,42-44,46-49,51-52,65,70H,14-15,18-24,26-29,32,58H2,1-10H3,(H,61,69)/b13-11?,16-12+,34-17?,37-25+/t33-,35-,36?,38-,40+,42+,43-,44+,46-,47+,48+,49-,51-,52+,57-/m1/s1. The Labute approximate surface area is 448 Å². The molecule has 5 rings (SSSR count). The number of nitrogens with zero attached hydrogens (tertiary/aromatic N) is 3. The number of piperidine rings is 1. The maximum absolute atomic E-state index is 14.5. The first-order valence-electron chi connectivity index (χ1n) is 27.1. The van der Waals surface area contributed by atoms with E-state index >= 15 is 0 Å². The Morgan fingerprint density at radius 3 is 2.29 bits per heavy atom. The van der Waals surface area contributed by atoms with E-state index in [1.54, 1.807) is 60.2 Å². The number of carbonyl (C=O) groups is 6. The van der Waals surface area contributed by atoms with Gasteiger partial charge in [0.1, 0.15) is 42.1 Å². The Kier molecular flexibility index (Phi) is 23.7. The predicted octanol–water partition coefficient (Wildman–Crippen LogP) is 5.90. The maximum atomic E-state index is 14.5. The summed E-state index contributed by atoms with van der Waals surface area (Å²) in [6.45, 7) is 12.6. The van der Waals surface area contributed by atoms with Crippen LogP contribution in [0.25, 0.3) is 0 Å². The van der Waals surface area contributed by atoms with E-state index in [2.05, 4.69) is 15.3 Å². The van der Waals surface area contributed by atoms with E-state index < -0.39 is 102 Å². The SMILES string of the molecule is CO[C@H]1C[C@@H]2CC[C@@H](C)[C@@](O)(O2)C(=O)C(=O)N2CCCC[C@H]2C(=O)O[C@H]([C@H](N)C[C@@H]2CC[C@@H](OC(=O)NCc3cnc(C)nc3)[C@H](OC)C2)CC(=O)[C@H](C)/C=C(\C)[C@@H](O)[C@@H](OC)C(=O)C(C)C[C@H](C)/C=C/C=CC=C1C. The molecular formula is C57H85N5O14. The van der Waals surface area contributed by atoms with Crippen LogP contribution in [0.15, 0.2) is 60.0 Å². The van der Waals surface area contributed by atoms with Gasteiger partial charge >= 0.3 is 12.1 Å². The van der Waals surface area contributed by atoms with E-state index in [1.165, 1.54) is 14.2 Å². The van der Waals surface area contributed by atoms with Gasteiger partial charge < -0.3 is 54.6 Å². The number of nitrogens with two attached hydrogens (primary N) is 1. The lowest BCUT2D eigenvalue weighted by atomic mass is 9.80. The van der Waals surface area contributed by atoms with E-state index in [4.69, 9.17) is 34.2 Å². The van der Waals surface area contributed by atoms with Gasteiger partial charge in [-0.2, -0.15) is 0 Å². The number of nitrogens with one attached hydrogen (secondary N) is 1. The van der Waals surface area contributed by atoms with E-state index in [9.17, 15) is 39.0 Å². The van der Waals surface area contributed by atoms with Crippen LogP contribution in [-0.4, -0.2) is 149 Å². The molecular weight excluding hydrogens is 979 g/mol. The number of ether oxygens (including phenoxy) is 6. The number of fused-ring (bicyclic) bond motifs is 3. The summed E-state index contributed by atoms with van der Waals surface area (Å²) in [6, 6.07) is -2.15. The van der Waals surface area contributed by atoms with Crippen molar-refractivity contribution in [2.24, 2.45) is 35.3 Å². The molecule has 422 valence electrons. The third-order valence-corrected chi connectivity index (χ3v) is 15.7. The molecule has 19 heteroatoms. The van der Waals surface area contributed by atoms with Crippen molar-refractivity contribution in [2.45, 2.75) is 193 Å². The fraction of sp³-hybridized carbons (Fsp3) is 0.684. The van der Waals surface area contributed by atoms with Gasteiger partial charge in [-0.3, -0.25) is 19.2 Å². The number of hydrogen-bond acceptors (Lipinski definition) is 17. The van der Waals surface area contributed by atoms with Crippen molar-refractivity contribution in [3.63, 3.8) is 0 Å². The third-order valence-electron chi connectivity index (χ3n) is 15.7. The normalized spacial score (nSPS) is 35.0. The number of aromatic nitrogens is 2. The van der Waals surface area contributed by atoms with Crippen LogP contribution in [-0.2, 0) is 58.9 Å². The molecule has 1 aliphatic carbocycles. The molecule has 0 radical (unpaired) electrons. The number of amides is 2. The number of carbonyl (C=O) groups excluding carboxylic acids is 6. The number of alkyl carbamates (subject to hydrolysis) is 1. The molecule has 15 atom stereocenters. The molecule has 1 aromatic rings. The number of Topliss-reactive ketones (excluding diaryl/α,β-unsaturated/α-hetero) is 3. The highest BCUT2D eigenvalue weighted by molar-refractivity contribution is 6.39. The van der Waals surface area contributed by atoms with Gasteiger partial charge in [-0.1, -0.05) is 64.2 Å². The molecule has 2 saturated heterocycles. The lowest BCUT2D eigenvalue weighted by molar-refractivity contribution is -0.265. The Morgan fingerprint density at radius 1 is 0.882 bits per heavy atom. The average Bonchev–Trinajstić information content (AvgIpc) is 3.40. The smallest absolute Gasteiger partial charge is 0.407 e. The number of allylic oxidation sites excluding steroid dienone is 6. The summed E-state index contributed by atoms with van der Waals surface area (Å²) in [7, 11) is 4.45. The number of aryl methyl sites for hydroxylation is 1. The van der Waals surface area contributed by atoms with Gasteiger partial charge in [0.25, 0.3) is 11.7 Å². The highest BCUT2D eigenvalue weighted by Crippen LogP contribution is 2.37. The summed E-state index contributed by atoms with van der Waals surface area (Å²) in [5.41, 5.74) is 8.87. The number of rotatable bonds is 9. The molecule has 0 spiro atoms. The van der Waals surface area contributed by atoms with E-state index in [-0.39, 0.29) is 62.2 Å². The van der Waals surface area contributed by atoms with Crippen LogP contribution in [0.5, 0.6) is 0 Å². The molecule has 3 fully saturated rings. The van der Waals surface area contributed by atoms with Gasteiger partial charge in [0, 0.05) is 89.0 Å². The summed E-state index contributed by atoms with van der Waals surface area (Å²) < 4.78 is 35.4. The van der Waals surface area contributed by atoms with E-state index in [0.717, 1.165) is 10.5 Å². The summed E-state index contributed by atoms with van der Waals surface area (Å²) in [4.78, 5) is 93.6. The van der Waals surface area contributed by atoms with Crippen LogP contribution in [0.1, 0.15) is 130 Å². The van der Waals surface area contributed by atoms with Crippen LogP contribution in [0.4, 0.5) is 4.79 Å². The second-order valence-corrected chi connectivity index (χ2v) is 21.6. The van der Waals surface area contributed by atoms with Crippen molar-refractivity contribution >= 4 is 35.3 Å². The molecule has 0 aromatic carbocycles. The van der Waals surface area contributed by atoms with Crippen LogP contribution in [0.2, 0.25) is 0 Å². The third kappa shape index (κ3) is 16.7. The Bertz CT molecular complexity index is 2270. The molecule has 1 unspecified atom stereocenters. The molecule has 3 aliphatic heterocycles. The van der Waals surface area contributed by atoms with E-state index in [1.807, 2.05) is 44.2 Å². The molecule has 1 aromatic heterocycles. The molecule has 5 N–H and O–H groups in total. The average molecular weight is 1060 g/mol. The van der Waals surface area contributed by atoms with Crippen molar-refractivity contribution < 1.29 is 67.4 Å². The van der Waals surface area contributed by atoms with Gasteiger partial charge in [0.2, 0.25) is 5.79 Å². The number of hydrogen-bond donors (Lipinski definition) is 4. The minimum Gasteiger partial charge on any atom is -0.459 e. The van der Waals surface area contributed by atoms with Crippen molar-refractivity contribution in [1.29, 1.82) is 0 Å². The molecule has 1 saturated carbocycles. The molecule has 2 bridgehead atoms. The predicted molar refractivity (Wildman–Crippen MR) is 282 cm³/mol. The fourth-order valence-electron chi connectivity index (χ4n) is 10.9. The summed E-state index contributed by atoms with van der Waals surface area (Å²) in [5.74, 6) is -7.85. The minimum absolute atomic E-state index is 0.0103. The summed E-state index contributed by atoms with van der Waals surface area (Å²) >= 11 is 0. The quantitative estimate of drug-likeness (QED) is 0.127. The number of methoxy groups -OCH3 is 3. The van der Waals surface area contributed by atoms with Crippen LogP contribution >= 0.6 is 0 Å². The number of esters is 1. The lowest BCUT2D eigenvalue weighted by Crippen LogP contribution is -2.61. The minimum atomic E-state index is -2.48. The lowest BCUT2D eigenvalue weighted by Gasteiger charge is -2.42. The van der Waals surface area contributed by atoms with Gasteiger partial charge in [0.05, 0.1) is 18.3 Å². The van der Waals surface area contributed by atoms with Gasteiger partial charge in [-0.25, -0.2) is 19.6 Å². The molecule has 76 heavy (non-hydrogen) atoms. The number of ketones is 3. The Morgan fingerprint density at radius 2 is 1.61 bits per heavy atom. The Hall–Kier alpha value is -5.02. The maximum Gasteiger partial charge on any atom is 0.407 e. The number of cyclic esters (lactones) is 1. The fourth-order valence-corrected chi connectivity index (χ4v) is 10.9. The number of aliphatic hydroxyl groups is 2. The molecule has 19 nitrogen and oxygen atoms in total. The topological polar surface area (TPSA) is 265 Å². The van der Waals surface area contributed by atoms with Crippen molar-refractivity contribution in [2.75, 3.05) is 27.9 Å². The van der Waals surface area contributed by atoms with Crippen molar-refractivity contribution in [3.05, 3.63) is 71.4 Å². The first kappa shape index (κ1) is 61.8. The highest BCUT2D eigenvalue weighted by Gasteiger charge is 2.53. The highest BCUT2D eigenvalue weighted by atomic mass is 16.6. The second-order valence-electron chi connectivity index (χ2n) is 21.6. The first-order valence-corrected chi connectivity index (χ1v) is 27.1. The van der Waals surface area contributed by atoms with Gasteiger partial charge in [-0.05, 0) is 108 Å². The van der Waals surface area contributed by atoms with E-state index in [0.29, 0.717) is 68.3 Å². The molecule has 4 aliphatic rings. The van der Waals surface area contributed by atoms with Crippen LogP contribution in [0, 0.1) is 36.5 Å². The number of aliphatic hydroxyl groups excluding tert-OH is 1. The molecule has 4 heterocycles. The first-order chi connectivity index (χ1) is 36.1. The zero-order chi connectivity index (χ0) is 55.9. The van der Waals surface area contributed by atoms with Crippen molar-refractivity contribution in [1.82, 2.24) is 20.2 Å². The van der Waals surface area contributed by atoms with Crippen molar-refractivity contribution in [3.8, 4) is 0 Å². The Balaban J connectivity index is 1.41. The zero-order valence-electron chi connectivity index (χ0n) is 46.3. The summed E-state index contributed by atoms with van der Waals surface area (Å²) in [5, 5.41) is 26.3. The monoisotopic (exact) mass is 1060 g/mol. The summed E-state index contributed by atoms with van der Waals surface area (Å²) in [6.07, 6.45) is 11.9. The molecule has 2 amide bonds. The van der Waals surface area contributed by atoms with Crippen LogP contribution < -0.4 is 11.1 Å². The van der Waals surface area contributed by atoms with Crippen LogP contribution in [0.3, 0.4) is 0 Å². The largest absolute Gasteiger partial charge is 0.459 e. The van der Waals surface area contributed by atoms with Gasteiger partial charge in [0.15, 0.2) is 5.78 Å². The second kappa shape index (κ2) is 29.1. The van der Waals surface area contributed by atoms with Gasteiger partial charge in [-0.15, -0.1) is 0 Å². The zero-order valence-corrected chi connectivity index (χ0v) is 46.3.